The summed E-state index contributed by atoms with van der Waals surface area (Å²) in [5, 5.41) is 6.74. The van der Waals surface area contributed by atoms with Crippen LogP contribution in [0.15, 0.2) is 52.1 Å². The Balaban J connectivity index is 0.00000385. The van der Waals surface area contributed by atoms with Crippen molar-refractivity contribution >= 4 is 35.6 Å². The van der Waals surface area contributed by atoms with Crippen LogP contribution in [0, 0.1) is 0 Å². The normalized spacial score (nSPS) is 14.6. The first-order chi connectivity index (χ1) is 15.8. The zero-order valence-corrected chi connectivity index (χ0v) is 22.1. The molecule has 0 unspecified atom stereocenters. The van der Waals surface area contributed by atoms with Crippen LogP contribution in [0.3, 0.4) is 0 Å². The minimum Gasteiger partial charge on any atom is -0.497 e. The van der Waals surface area contributed by atoms with Gasteiger partial charge in [0, 0.05) is 58.6 Å². The first-order valence-electron chi connectivity index (χ1n) is 11.4. The molecular weight excluding hydrogens is 533 g/mol. The summed E-state index contributed by atoms with van der Waals surface area (Å²) in [7, 11) is 3.51. The van der Waals surface area contributed by atoms with E-state index in [9.17, 15) is 0 Å². The van der Waals surface area contributed by atoms with E-state index in [-0.39, 0.29) is 24.0 Å². The number of anilines is 1. The van der Waals surface area contributed by atoms with Gasteiger partial charge in [-0.3, -0.25) is 9.89 Å². The number of nitrogens with one attached hydrogen (secondary N) is 2. The fourth-order valence-corrected chi connectivity index (χ4v) is 3.70. The molecule has 0 aliphatic carbocycles. The molecule has 2 aromatic rings. The summed E-state index contributed by atoms with van der Waals surface area (Å²) in [6.07, 6.45) is 3.67. The number of rotatable bonds is 12. The monoisotopic (exact) mass is 571 g/mol. The van der Waals surface area contributed by atoms with Gasteiger partial charge in [-0.1, -0.05) is 0 Å². The van der Waals surface area contributed by atoms with Crippen molar-refractivity contribution in [3.8, 4) is 5.75 Å². The van der Waals surface area contributed by atoms with Gasteiger partial charge in [0.2, 0.25) is 0 Å². The highest BCUT2D eigenvalue weighted by molar-refractivity contribution is 14.0. The minimum absolute atomic E-state index is 0. The number of halogens is 1. The van der Waals surface area contributed by atoms with Crippen LogP contribution < -0.4 is 20.3 Å². The van der Waals surface area contributed by atoms with Crippen LogP contribution in [-0.4, -0.2) is 77.4 Å². The first kappa shape index (κ1) is 27.3. The Bertz CT molecular complexity index is 778. The second-order valence-corrected chi connectivity index (χ2v) is 7.79. The fourth-order valence-electron chi connectivity index (χ4n) is 3.70. The van der Waals surface area contributed by atoms with Gasteiger partial charge in [-0.25, -0.2) is 0 Å². The number of aliphatic imine (C=N–C) groups is 1. The summed E-state index contributed by atoms with van der Waals surface area (Å²) in [4.78, 5) is 9.27. The van der Waals surface area contributed by atoms with Crippen LogP contribution in [-0.2, 0) is 11.3 Å². The molecule has 1 fully saturated rings. The molecule has 33 heavy (non-hydrogen) atoms. The number of nitrogens with zero attached hydrogens (tertiary/aromatic N) is 3. The Morgan fingerprint density at radius 2 is 1.76 bits per heavy atom. The van der Waals surface area contributed by atoms with Gasteiger partial charge in [-0.2, -0.15) is 0 Å². The fraction of sp³-hybridized carbons (Fsp3) is 0.542. The molecule has 1 saturated heterocycles. The zero-order valence-electron chi connectivity index (χ0n) is 19.8. The van der Waals surface area contributed by atoms with Gasteiger partial charge in [0.1, 0.15) is 18.1 Å². The maximum atomic E-state index is 5.60. The molecule has 0 spiro atoms. The smallest absolute Gasteiger partial charge is 0.190 e. The lowest BCUT2D eigenvalue weighted by atomic mass is 10.2. The molecule has 8 nitrogen and oxygen atoms in total. The molecule has 2 heterocycles. The van der Waals surface area contributed by atoms with Crippen LogP contribution in [0.2, 0.25) is 0 Å². The minimum atomic E-state index is 0. The summed E-state index contributed by atoms with van der Waals surface area (Å²) in [5.41, 5.74) is 1.27. The van der Waals surface area contributed by atoms with Gasteiger partial charge in [0.05, 0.1) is 13.4 Å². The van der Waals surface area contributed by atoms with Gasteiger partial charge in [-0.15, -0.1) is 24.0 Å². The van der Waals surface area contributed by atoms with Crippen LogP contribution >= 0.6 is 24.0 Å². The van der Waals surface area contributed by atoms with E-state index in [0.29, 0.717) is 13.2 Å². The number of hydrogen-bond acceptors (Lipinski definition) is 6. The number of methoxy groups -OCH3 is 1. The van der Waals surface area contributed by atoms with E-state index in [0.717, 1.165) is 76.1 Å². The highest BCUT2D eigenvalue weighted by Crippen LogP contribution is 2.20. The van der Waals surface area contributed by atoms with Crippen molar-refractivity contribution < 1.29 is 13.9 Å². The van der Waals surface area contributed by atoms with Gasteiger partial charge in [-0.05, 0) is 55.8 Å². The van der Waals surface area contributed by atoms with E-state index < -0.39 is 0 Å². The highest BCUT2D eigenvalue weighted by Gasteiger charge is 2.16. The molecule has 1 aliphatic rings. The maximum absolute atomic E-state index is 5.60. The summed E-state index contributed by atoms with van der Waals surface area (Å²) in [6, 6.07) is 12.1. The molecule has 1 aliphatic heterocycles. The standard InChI is InChI=1S/C24H37N5O3.HI/c1-25-24(27-12-5-18-31-20-23-6-3-19-32-23)26-11-4-13-28-14-16-29(17-15-28)21-7-9-22(30-2)10-8-21;/h3,6-10,19H,4-5,11-18,20H2,1-2H3,(H2,25,26,27);1H. The van der Waals surface area contributed by atoms with Gasteiger partial charge >= 0.3 is 0 Å². The molecular formula is C24H38IN5O3. The van der Waals surface area contributed by atoms with Crippen molar-refractivity contribution in [2.24, 2.45) is 4.99 Å². The quantitative estimate of drug-likeness (QED) is 0.176. The third-order valence-electron chi connectivity index (χ3n) is 5.56. The van der Waals surface area contributed by atoms with Crippen molar-refractivity contribution in [2.45, 2.75) is 19.4 Å². The molecule has 9 heteroatoms. The number of furan rings is 1. The largest absolute Gasteiger partial charge is 0.497 e. The van der Waals surface area contributed by atoms with Crippen LogP contribution in [0.1, 0.15) is 18.6 Å². The van der Waals surface area contributed by atoms with Gasteiger partial charge < -0.3 is 29.4 Å². The zero-order chi connectivity index (χ0) is 22.4. The lowest BCUT2D eigenvalue weighted by molar-refractivity contribution is 0.105. The molecule has 0 radical (unpaired) electrons. The Labute approximate surface area is 214 Å². The van der Waals surface area contributed by atoms with Gasteiger partial charge in [0.15, 0.2) is 5.96 Å². The van der Waals surface area contributed by atoms with Crippen LogP contribution in [0.4, 0.5) is 5.69 Å². The van der Waals surface area contributed by atoms with Crippen molar-refractivity contribution in [3.05, 3.63) is 48.4 Å². The Morgan fingerprint density at radius 3 is 2.39 bits per heavy atom. The summed E-state index contributed by atoms with van der Waals surface area (Å²) in [5.74, 6) is 2.61. The highest BCUT2D eigenvalue weighted by atomic mass is 127. The van der Waals surface area contributed by atoms with Crippen molar-refractivity contribution in [1.82, 2.24) is 15.5 Å². The van der Waals surface area contributed by atoms with E-state index in [1.54, 1.807) is 20.4 Å². The van der Waals surface area contributed by atoms with E-state index in [2.05, 4.69) is 37.6 Å². The summed E-state index contributed by atoms with van der Waals surface area (Å²) >= 11 is 0. The average Bonchev–Trinajstić information content (AvgIpc) is 3.36. The van der Waals surface area contributed by atoms with Crippen molar-refractivity contribution in [2.75, 3.05) is 71.5 Å². The molecule has 1 aromatic heterocycles. The molecule has 0 saturated carbocycles. The van der Waals surface area contributed by atoms with Crippen molar-refractivity contribution in [3.63, 3.8) is 0 Å². The van der Waals surface area contributed by atoms with E-state index in [1.165, 1.54) is 5.69 Å². The third kappa shape index (κ3) is 9.81. The summed E-state index contributed by atoms with van der Waals surface area (Å²) in [6.45, 7) is 8.35. The number of hydrogen-bond donors (Lipinski definition) is 2. The molecule has 0 amide bonds. The van der Waals surface area contributed by atoms with Crippen LogP contribution in [0.5, 0.6) is 5.75 Å². The van der Waals surface area contributed by atoms with E-state index in [1.807, 2.05) is 24.3 Å². The number of piperazine rings is 1. The second kappa shape index (κ2) is 15.8. The predicted octanol–water partition coefficient (Wildman–Crippen LogP) is 3.19. The number of benzene rings is 1. The lowest BCUT2D eigenvalue weighted by Crippen LogP contribution is -2.47. The molecule has 3 rings (SSSR count). The molecule has 1 aromatic carbocycles. The van der Waals surface area contributed by atoms with Gasteiger partial charge in [0.25, 0.3) is 0 Å². The van der Waals surface area contributed by atoms with E-state index >= 15 is 0 Å². The number of ether oxygens (including phenoxy) is 2. The van der Waals surface area contributed by atoms with Crippen LogP contribution in [0.25, 0.3) is 0 Å². The lowest BCUT2D eigenvalue weighted by Gasteiger charge is -2.36. The third-order valence-corrected chi connectivity index (χ3v) is 5.56. The number of guanidine groups is 1. The first-order valence-corrected chi connectivity index (χ1v) is 11.4. The molecule has 2 N–H and O–H groups in total. The summed E-state index contributed by atoms with van der Waals surface area (Å²) < 4.78 is 16.1. The molecule has 0 atom stereocenters. The van der Waals surface area contributed by atoms with Crippen molar-refractivity contribution in [1.29, 1.82) is 0 Å². The Morgan fingerprint density at radius 1 is 1.03 bits per heavy atom. The SMILES string of the molecule is CN=C(NCCCOCc1ccco1)NCCCN1CCN(c2ccc(OC)cc2)CC1.I. The average molecular weight is 572 g/mol. The topological polar surface area (TPSA) is 74.5 Å². The van der Waals surface area contributed by atoms with E-state index in [4.69, 9.17) is 13.9 Å². The Hall–Kier alpha value is -1.98. The maximum Gasteiger partial charge on any atom is 0.190 e. The molecule has 0 bridgehead atoms. The predicted molar refractivity (Wildman–Crippen MR) is 144 cm³/mol. The molecule has 184 valence electrons. The second-order valence-electron chi connectivity index (χ2n) is 7.79. The Kier molecular flexibility index (Phi) is 13.0.